The highest BCUT2D eigenvalue weighted by molar-refractivity contribution is 8.13. The first-order valence-corrected chi connectivity index (χ1v) is 5.84. The minimum absolute atomic E-state index is 0.0185. The fourth-order valence-corrected chi connectivity index (χ4v) is 2.31. The molecule has 0 aliphatic carbocycles. The summed E-state index contributed by atoms with van der Waals surface area (Å²) >= 11 is 0. The van der Waals surface area contributed by atoms with E-state index in [9.17, 15) is 13.2 Å². The molecule has 1 aromatic heterocycles. The van der Waals surface area contributed by atoms with E-state index in [4.69, 9.17) is 20.2 Å². The van der Waals surface area contributed by atoms with Crippen molar-refractivity contribution in [2.45, 2.75) is 18.9 Å². The van der Waals surface area contributed by atoms with Gasteiger partial charge in [-0.2, -0.15) is 0 Å². The molecule has 14 heavy (non-hydrogen) atoms. The van der Waals surface area contributed by atoms with Crippen LogP contribution in [0.25, 0.3) is 0 Å². The lowest BCUT2D eigenvalue weighted by atomic mass is 10.2. The van der Waals surface area contributed by atoms with Gasteiger partial charge in [-0.25, -0.2) is 13.2 Å². The van der Waals surface area contributed by atoms with Crippen LogP contribution >= 0.6 is 10.7 Å². The van der Waals surface area contributed by atoms with Gasteiger partial charge in [0.1, 0.15) is 11.3 Å². The zero-order valence-corrected chi connectivity index (χ0v) is 8.94. The number of halogens is 1. The van der Waals surface area contributed by atoms with Gasteiger partial charge in [-0.15, -0.1) is 0 Å². The summed E-state index contributed by atoms with van der Waals surface area (Å²) < 4.78 is 26.6. The lowest BCUT2D eigenvalue weighted by Gasteiger charge is -1.91. The van der Waals surface area contributed by atoms with Crippen molar-refractivity contribution in [3.8, 4) is 0 Å². The second-order valence-corrected chi connectivity index (χ2v) is 5.15. The molecule has 0 fully saturated rings. The van der Waals surface area contributed by atoms with Crippen molar-refractivity contribution in [2.24, 2.45) is 0 Å². The molecule has 7 heteroatoms. The normalized spacial score (nSPS) is 11.6. The van der Waals surface area contributed by atoms with Gasteiger partial charge in [0.2, 0.25) is 5.09 Å². The van der Waals surface area contributed by atoms with E-state index in [1.165, 1.54) is 13.8 Å². The predicted molar refractivity (Wildman–Crippen MR) is 48.2 cm³/mol. The van der Waals surface area contributed by atoms with Gasteiger partial charge in [0.15, 0.2) is 0 Å². The molecule has 0 aliphatic heterocycles. The van der Waals surface area contributed by atoms with Crippen LogP contribution < -0.4 is 0 Å². The molecular formula is C7H7ClO5S. The van der Waals surface area contributed by atoms with Gasteiger partial charge >= 0.3 is 5.97 Å². The van der Waals surface area contributed by atoms with Crippen LogP contribution in [0.15, 0.2) is 9.51 Å². The largest absolute Gasteiger partial charge is 0.478 e. The first kappa shape index (κ1) is 11.1. The van der Waals surface area contributed by atoms with E-state index < -0.39 is 20.1 Å². The first-order chi connectivity index (χ1) is 6.25. The molecule has 5 nitrogen and oxygen atoms in total. The van der Waals surface area contributed by atoms with Crippen LogP contribution in [-0.2, 0) is 9.05 Å². The number of carboxylic acid groups (broad SMARTS) is 1. The van der Waals surface area contributed by atoms with Crippen molar-refractivity contribution in [1.29, 1.82) is 0 Å². The third-order valence-electron chi connectivity index (χ3n) is 1.71. The number of hydrogen-bond donors (Lipinski definition) is 1. The third-order valence-corrected chi connectivity index (χ3v) is 2.97. The summed E-state index contributed by atoms with van der Waals surface area (Å²) in [5.41, 5.74) is -0.144. The molecule has 0 saturated heterocycles. The fraction of sp³-hybridized carbons (Fsp3) is 0.286. The summed E-state index contributed by atoms with van der Waals surface area (Å²) in [6.07, 6.45) is 0. The molecule has 0 spiro atoms. The molecule has 1 N–H and O–H groups in total. The highest BCUT2D eigenvalue weighted by Gasteiger charge is 2.26. The molecule has 1 rings (SSSR count). The van der Waals surface area contributed by atoms with Crippen LogP contribution in [0, 0.1) is 13.8 Å². The Kier molecular flexibility index (Phi) is 2.60. The van der Waals surface area contributed by atoms with Crippen LogP contribution in [0.5, 0.6) is 0 Å². The fourth-order valence-electron chi connectivity index (χ4n) is 1.18. The van der Waals surface area contributed by atoms with Gasteiger partial charge < -0.3 is 9.52 Å². The number of furan rings is 1. The first-order valence-electron chi connectivity index (χ1n) is 3.53. The van der Waals surface area contributed by atoms with Crippen molar-refractivity contribution in [3.05, 3.63) is 16.9 Å². The predicted octanol–water partition coefficient (Wildman–Crippen LogP) is 1.52. The Morgan fingerprint density at radius 3 is 2.14 bits per heavy atom. The van der Waals surface area contributed by atoms with Crippen molar-refractivity contribution in [2.75, 3.05) is 0 Å². The Balaban J connectivity index is 3.55. The van der Waals surface area contributed by atoms with E-state index in [0.717, 1.165) is 0 Å². The smallest absolute Gasteiger partial charge is 0.339 e. The van der Waals surface area contributed by atoms with E-state index in [2.05, 4.69) is 0 Å². The van der Waals surface area contributed by atoms with E-state index in [0.29, 0.717) is 0 Å². The molecule has 1 heterocycles. The van der Waals surface area contributed by atoms with Crippen molar-refractivity contribution in [1.82, 2.24) is 0 Å². The summed E-state index contributed by atoms with van der Waals surface area (Å²) in [6, 6.07) is 0. The van der Waals surface area contributed by atoms with Gasteiger partial charge in [0.05, 0.1) is 0 Å². The van der Waals surface area contributed by atoms with Gasteiger partial charge in [-0.05, 0) is 13.8 Å². The molecule has 0 amide bonds. The van der Waals surface area contributed by atoms with E-state index >= 15 is 0 Å². The van der Waals surface area contributed by atoms with Crippen LogP contribution in [0.4, 0.5) is 0 Å². The standard InChI is InChI=1S/C7H7ClO5S/c1-3-5(6(9)10)4(2)13-7(3)14(8,11)12/h1-2H3,(H,9,10). The average Bonchev–Trinajstić information content (AvgIpc) is 2.24. The highest BCUT2D eigenvalue weighted by atomic mass is 35.7. The van der Waals surface area contributed by atoms with Crippen LogP contribution in [0.3, 0.4) is 0 Å². The number of rotatable bonds is 2. The molecule has 0 bridgehead atoms. The number of aromatic carboxylic acids is 1. The van der Waals surface area contributed by atoms with Crippen LogP contribution in [0.2, 0.25) is 0 Å². The molecule has 0 aliphatic rings. The molecular weight excluding hydrogens is 232 g/mol. The maximum Gasteiger partial charge on any atom is 0.339 e. The maximum atomic E-state index is 10.9. The Labute approximate surface area is 84.7 Å². The zero-order valence-electron chi connectivity index (χ0n) is 7.37. The third kappa shape index (κ3) is 1.76. The number of carboxylic acids is 1. The molecule has 0 unspecified atom stereocenters. The average molecular weight is 239 g/mol. The minimum Gasteiger partial charge on any atom is -0.478 e. The van der Waals surface area contributed by atoms with E-state index in [1.54, 1.807) is 0 Å². The summed E-state index contributed by atoms with van der Waals surface area (Å²) in [7, 11) is 1.01. The molecule has 78 valence electrons. The van der Waals surface area contributed by atoms with Crippen molar-refractivity contribution >= 4 is 25.7 Å². The Morgan fingerprint density at radius 2 is 1.93 bits per heavy atom. The molecule has 0 radical (unpaired) electrons. The lowest BCUT2D eigenvalue weighted by Crippen LogP contribution is -1.99. The van der Waals surface area contributed by atoms with Gasteiger partial charge in [0, 0.05) is 16.2 Å². The maximum absolute atomic E-state index is 10.9. The summed E-state index contributed by atoms with van der Waals surface area (Å²) in [6.45, 7) is 2.69. The van der Waals surface area contributed by atoms with E-state index in [-0.39, 0.29) is 16.9 Å². The van der Waals surface area contributed by atoms with E-state index in [1.807, 2.05) is 0 Å². The number of aryl methyl sites for hydroxylation is 1. The van der Waals surface area contributed by atoms with Gasteiger partial charge in [-0.3, -0.25) is 0 Å². The quantitative estimate of drug-likeness (QED) is 0.790. The number of carbonyl (C=O) groups is 1. The molecule has 0 atom stereocenters. The number of hydrogen-bond acceptors (Lipinski definition) is 4. The summed E-state index contributed by atoms with van der Waals surface area (Å²) in [4.78, 5) is 10.7. The monoisotopic (exact) mass is 238 g/mol. The van der Waals surface area contributed by atoms with Gasteiger partial charge in [0.25, 0.3) is 9.05 Å². The Bertz CT molecular complexity index is 484. The van der Waals surface area contributed by atoms with Gasteiger partial charge in [-0.1, -0.05) is 0 Å². The topological polar surface area (TPSA) is 84.6 Å². The molecule has 0 aromatic carbocycles. The highest BCUT2D eigenvalue weighted by Crippen LogP contribution is 2.27. The second kappa shape index (κ2) is 3.29. The lowest BCUT2D eigenvalue weighted by molar-refractivity contribution is 0.0694. The molecule has 1 aromatic rings. The van der Waals surface area contributed by atoms with Crippen molar-refractivity contribution < 1.29 is 22.7 Å². The Morgan fingerprint density at radius 1 is 1.43 bits per heavy atom. The van der Waals surface area contributed by atoms with Crippen LogP contribution in [0.1, 0.15) is 21.7 Å². The summed E-state index contributed by atoms with van der Waals surface area (Å²) in [5, 5.41) is 8.22. The minimum atomic E-state index is -4.03. The van der Waals surface area contributed by atoms with Crippen molar-refractivity contribution in [3.63, 3.8) is 0 Å². The Hall–Kier alpha value is -1.01. The zero-order chi connectivity index (χ0) is 11.1. The van der Waals surface area contributed by atoms with Crippen LogP contribution in [-0.4, -0.2) is 19.5 Å². The molecule has 0 saturated carbocycles. The summed E-state index contributed by atoms with van der Waals surface area (Å²) in [5.74, 6) is -1.22. The second-order valence-electron chi connectivity index (χ2n) is 2.69. The SMILES string of the molecule is Cc1oc(S(=O)(=O)Cl)c(C)c1C(=O)O.